The van der Waals surface area contributed by atoms with Crippen LogP contribution in [0.5, 0.6) is 0 Å². The summed E-state index contributed by atoms with van der Waals surface area (Å²) in [7, 11) is 0. The normalized spacial score (nSPS) is 11.9. The molecule has 0 rings (SSSR count). The van der Waals surface area contributed by atoms with Crippen LogP contribution in [0.25, 0.3) is 0 Å². The zero-order chi connectivity index (χ0) is 42.4. The average molecular weight is 821 g/mol. The summed E-state index contributed by atoms with van der Waals surface area (Å²) >= 11 is 0. The summed E-state index contributed by atoms with van der Waals surface area (Å²) in [5, 5.41) is 0. The largest absolute Gasteiger partial charge is 0.462 e. The van der Waals surface area contributed by atoms with Crippen molar-refractivity contribution in [1.82, 2.24) is 0 Å². The zero-order valence-electron chi connectivity index (χ0n) is 39.5. The van der Waals surface area contributed by atoms with E-state index in [-0.39, 0.29) is 31.1 Å². The molecule has 0 N–H and O–H groups in total. The molecule has 0 radical (unpaired) electrons. The molecule has 0 aliphatic carbocycles. The van der Waals surface area contributed by atoms with Gasteiger partial charge in [-0.05, 0) is 25.2 Å². The fourth-order valence-electron chi connectivity index (χ4n) is 7.86. The number of carbonyl (C=O) groups excluding carboxylic acids is 3. The van der Waals surface area contributed by atoms with Crippen LogP contribution in [0.3, 0.4) is 0 Å². The van der Waals surface area contributed by atoms with E-state index in [4.69, 9.17) is 14.2 Å². The van der Waals surface area contributed by atoms with E-state index in [1.165, 1.54) is 186 Å². The Bertz CT molecular complexity index is 872. The second kappa shape index (κ2) is 46.5. The third kappa shape index (κ3) is 45.5. The van der Waals surface area contributed by atoms with Crippen molar-refractivity contribution in [1.29, 1.82) is 0 Å². The van der Waals surface area contributed by atoms with Crippen LogP contribution in [0.2, 0.25) is 0 Å². The second-order valence-electron chi connectivity index (χ2n) is 18.3. The van der Waals surface area contributed by atoms with Gasteiger partial charge in [0, 0.05) is 19.3 Å². The van der Waals surface area contributed by atoms with Crippen molar-refractivity contribution >= 4 is 17.9 Å². The smallest absolute Gasteiger partial charge is 0.306 e. The highest BCUT2D eigenvalue weighted by Gasteiger charge is 2.19. The molecule has 0 aromatic rings. The fraction of sp³-hybridized carbons (Fsp3) is 0.942. The van der Waals surface area contributed by atoms with Crippen LogP contribution in [0.4, 0.5) is 0 Å². The minimum absolute atomic E-state index is 0.0637. The first-order valence-corrected chi connectivity index (χ1v) is 25.9. The van der Waals surface area contributed by atoms with Crippen LogP contribution in [-0.2, 0) is 28.6 Å². The van der Waals surface area contributed by atoms with E-state index < -0.39 is 6.10 Å². The average Bonchev–Trinajstić information content (AvgIpc) is 3.21. The Morgan fingerprint density at radius 3 is 0.845 bits per heavy atom. The van der Waals surface area contributed by atoms with Crippen molar-refractivity contribution < 1.29 is 28.6 Å². The zero-order valence-corrected chi connectivity index (χ0v) is 39.5. The first kappa shape index (κ1) is 56.4. The number of unbranched alkanes of at least 4 members (excludes halogenated alkanes) is 34. The van der Waals surface area contributed by atoms with E-state index in [1.54, 1.807) is 0 Å². The molecular formula is C52H100O6. The van der Waals surface area contributed by atoms with Crippen LogP contribution in [0, 0.1) is 5.92 Å². The summed E-state index contributed by atoms with van der Waals surface area (Å²) in [6.07, 6.45) is 48.2. The van der Waals surface area contributed by atoms with Gasteiger partial charge in [-0.1, -0.05) is 252 Å². The van der Waals surface area contributed by atoms with Crippen molar-refractivity contribution in [3.63, 3.8) is 0 Å². The quantitative estimate of drug-likeness (QED) is 0.0346. The van der Waals surface area contributed by atoms with E-state index in [0.717, 1.165) is 63.7 Å². The van der Waals surface area contributed by atoms with Crippen molar-refractivity contribution in [2.45, 2.75) is 297 Å². The van der Waals surface area contributed by atoms with Crippen molar-refractivity contribution in [2.24, 2.45) is 5.92 Å². The molecule has 0 spiro atoms. The Hall–Kier alpha value is -1.59. The number of esters is 3. The minimum Gasteiger partial charge on any atom is -0.462 e. The summed E-state index contributed by atoms with van der Waals surface area (Å²) in [6.45, 7) is 8.97. The van der Waals surface area contributed by atoms with E-state index in [1.807, 2.05) is 0 Å². The van der Waals surface area contributed by atoms with Gasteiger partial charge < -0.3 is 14.2 Å². The Labute approximate surface area is 361 Å². The van der Waals surface area contributed by atoms with Gasteiger partial charge in [0.15, 0.2) is 6.10 Å². The number of hydrogen-bond donors (Lipinski definition) is 0. The van der Waals surface area contributed by atoms with E-state index >= 15 is 0 Å². The molecule has 6 heteroatoms. The van der Waals surface area contributed by atoms with Crippen molar-refractivity contribution in [3.8, 4) is 0 Å². The lowest BCUT2D eigenvalue weighted by Crippen LogP contribution is -2.30. The monoisotopic (exact) mass is 821 g/mol. The van der Waals surface area contributed by atoms with Crippen LogP contribution in [-0.4, -0.2) is 37.2 Å². The molecule has 0 fully saturated rings. The number of rotatable bonds is 47. The predicted octanol–water partition coefficient (Wildman–Crippen LogP) is 16.7. The third-order valence-electron chi connectivity index (χ3n) is 11.8. The number of hydrogen-bond acceptors (Lipinski definition) is 6. The molecule has 0 saturated carbocycles. The van der Waals surface area contributed by atoms with Crippen LogP contribution >= 0.6 is 0 Å². The Kier molecular flexibility index (Phi) is 45.2. The topological polar surface area (TPSA) is 78.9 Å². The molecular weight excluding hydrogens is 721 g/mol. The SMILES string of the molecule is CCCCCCCCCCCCCCCCCCCCCC(=O)OC[C@@H](COC(=O)CCCCCCCCCCCCC)OC(=O)CCCCCCCCCC(C)C. The molecule has 6 nitrogen and oxygen atoms in total. The van der Waals surface area contributed by atoms with Gasteiger partial charge in [-0.25, -0.2) is 0 Å². The molecule has 0 amide bonds. The first-order chi connectivity index (χ1) is 28.4. The molecule has 0 heterocycles. The summed E-state index contributed by atoms with van der Waals surface area (Å²) in [4.78, 5) is 37.8. The fourth-order valence-corrected chi connectivity index (χ4v) is 7.86. The molecule has 0 aromatic carbocycles. The highest BCUT2D eigenvalue weighted by molar-refractivity contribution is 5.71. The number of carbonyl (C=O) groups is 3. The maximum atomic E-state index is 12.7. The van der Waals surface area contributed by atoms with Gasteiger partial charge in [0.05, 0.1) is 0 Å². The van der Waals surface area contributed by atoms with Gasteiger partial charge in [-0.2, -0.15) is 0 Å². The lowest BCUT2D eigenvalue weighted by Gasteiger charge is -2.18. The van der Waals surface area contributed by atoms with E-state index in [2.05, 4.69) is 27.7 Å². The van der Waals surface area contributed by atoms with Crippen molar-refractivity contribution in [2.75, 3.05) is 13.2 Å². The maximum absolute atomic E-state index is 12.7. The molecule has 58 heavy (non-hydrogen) atoms. The summed E-state index contributed by atoms with van der Waals surface area (Å²) in [5.41, 5.74) is 0. The Balaban J connectivity index is 4.21. The Morgan fingerprint density at radius 1 is 0.328 bits per heavy atom. The summed E-state index contributed by atoms with van der Waals surface area (Å²) in [5.74, 6) is -0.0720. The lowest BCUT2D eigenvalue weighted by atomic mass is 10.0. The first-order valence-electron chi connectivity index (χ1n) is 25.9. The summed E-state index contributed by atoms with van der Waals surface area (Å²) in [6, 6.07) is 0. The molecule has 0 aromatic heterocycles. The number of ether oxygens (including phenoxy) is 3. The predicted molar refractivity (Wildman–Crippen MR) is 247 cm³/mol. The molecule has 1 atom stereocenters. The molecule has 0 aliphatic rings. The standard InChI is InChI=1S/C52H100O6/c1-5-7-9-11-13-15-17-18-19-20-21-22-23-24-26-28-32-36-40-44-51(54)57-47-49(58-52(55)45-41-37-33-29-30-34-38-42-48(3)4)46-56-50(53)43-39-35-31-27-25-16-14-12-10-8-6-2/h48-49H,5-47H2,1-4H3/t49-/m1/s1. The molecule has 0 aliphatic heterocycles. The van der Waals surface area contributed by atoms with Gasteiger partial charge in [-0.3, -0.25) is 14.4 Å². The van der Waals surface area contributed by atoms with E-state index in [0.29, 0.717) is 19.3 Å². The minimum atomic E-state index is -0.760. The van der Waals surface area contributed by atoms with Gasteiger partial charge in [0.2, 0.25) is 0 Å². The Morgan fingerprint density at radius 2 is 0.569 bits per heavy atom. The van der Waals surface area contributed by atoms with Gasteiger partial charge in [-0.15, -0.1) is 0 Å². The van der Waals surface area contributed by atoms with Gasteiger partial charge in [0.25, 0.3) is 0 Å². The molecule has 0 saturated heterocycles. The molecule has 0 bridgehead atoms. The third-order valence-corrected chi connectivity index (χ3v) is 11.8. The van der Waals surface area contributed by atoms with Crippen LogP contribution < -0.4 is 0 Å². The van der Waals surface area contributed by atoms with Gasteiger partial charge >= 0.3 is 17.9 Å². The molecule has 344 valence electrons. The summed E-state index contributed by atoms with van der Waals surface area (Å²) < 4.78 is 16.8. The maximum Gasteiger partial charge on any atom is 0.306 e. The van der Waals surface area contributed by atoms with E-state index in [9.17, 15) is 14.4 Å². The van der Waals surface area contributed by atoms with Crippen molar-refractivity contribution in [3.05, 3.63) is 0 Å². The highest BCUT2D eigenvalue weighted by Crippen LogP contribution is 2.17. The molecule has 0 unspecified atom stereocenters. The van der Waals surface area contributed by atoms with Crippen LogP contribution in [0.1, 0.15) is 291 Å². The van der Waals surface area contributed by atoms with Gasteiger partial charge in [0.1, 0.15) is 13.2 Å². The lowest BCUT2D eigenvalue weighted by molar-refractivity contribution is -0.167. The van der Waals surface area contributed by atoms with Crippen LogP contribution in [0.15, 0.2) is 0 Å². The highest BCUT2D eigenvalue weighted by atomic mass is 16.6. The second-order valence-corrected chi connectivity index (χ2v) is 18.3.